The molecule has 0 aliphatic carbocycles. The van der Waals surface area contributed by atoms with Crippen LogP contribution in [0.25, 0.3) is 0 Å². The fourth-order valence-electron chi connectivity index (χ4n) is 2.99. The molecule has 0 fully saturated rings. The molecule has 1 heterocycles. The molecular formula is C18H25NO3S. The monoisotopic (exact) mass is 335 g/mol. The van der Waals surface area contributed by atoms with Crippen LogP contribution in [-0.4, -0.2) is 25.1 Å². The molecule has 0 N–H and O–H groups in total. The molecule has 1 aliphatic rings. The lowest BCUT2D eigenvalue weighted by molar-refractivity contribution is -0.114. The molecule has 1 atom stereocenters. The van der Waals surface area contributed by atoms with Crippen LogP contribution < -0.4 is 0 Å². The number of sulfonamides is 1. The zero-order chi connectivity index (χ0) is 17.2. The molecular weight excluding hydrogens is 310 g/mol. The summed E-state index contributed by atoms with van der Waals surface area (Å²) >= 11 is 0. The minimum absolute atomic E-state index is 0.0422. The highest BCUT2D eigenvalue weighted by atomic mass is 32.2. The van der Waals surface area contributed by atoms with E-state index in [9.17, 15) is 13.2 Å². The minimum Gasteiger partial charge on any atom is -0.295 e. The van der Waals surface area contributed by atoms with Crippen LogP contribution in [0, 0.1) is 18.8 Å². The minimum atomic E-state index is -3.59. The molecule has 1 unspecified atom stereocenters. The maximum Gasteiger partial charge on any atom is 0.263 e. The lowest BCUT2D eigenvalue weighted by atomic mass is 9.85. The summed E-state index contributed by atoms with van der Waals surface area (Å²) in [5, 5.41) is 0. The van der Waals surface area contributed by atoms with Crippen molar-refractivity contribution in [1.82, 2.24) is 4.31 Å². The normalized spacial score (nSPS) is 18.9. The summed E-state index contributed by atoms with van der Waals surface area (Å²) in [6.07, 6.45) is 3.15. The molecule has 5 heteroatoms. The van der Waals surface area contributed by atoms with Crippen LogP contribution in [0.3, 0.4) is 0 Å². The number of hydrogen-bond donors (Lipinski definition) is 0. The van der Waals surface area contributed by atoms with Gasteiger partial charge in [0.2, 0.25) is 0 Å². The van der Waals surface area contributed by atoms with E-state index in [1.807, 2.05) is 6.92 Å². The molecule has 0 aromatic heterocycles. The van der Waals surface area contributed by atoms with Gasteiger partial charge in [-0.3, -0.25) is 9.10 Å². The Hall–Kier alpha value is -1.62. The van der Waals surface area contributed by atoms with Gasteiger partial charge in [0.05, 0.1) is 4.90 Å². The van der Waals surface area contributed by atoms with Crippen LogP contribution in [0.15, 0.2) is 40.9 Å². The predicted molar refractivity (Wildman–Crippen MR) is 91.4 cm³/mol. The quantitative estimate of drug-likeness (QED) is 0.827. The fraction of sp³-hybridized carbons (Fsp3) is 0.500. The molecule has 4 nitrogen and oxygen atoms in total. The van der Waals surface area contributed by atoms with Gasteiger partial charge in [0.1, 0.15) is 0 Å². The molecule has 0 bridgehead atoms. The first-order chi connectivity index (χ1) is 10.7. The standard InChI is InChI=1S/C18H25NO3S/c1-13(2)11-16-9-10-19(12-18(16)15(4)20)23(21,22)17-7-5-14(3)6-8-17/h5-8,12-13,16H,9-11H2,1-4H3. The number of benzene rings is 1. The van der Waals surface area contributed by atoms with Crippen LogP contribution in [0.1, 0.15) is 39.2 Å². The molecule has 0 spiro atoms. The largest absolute Gasteiger partial charge is 0.295 e. The molecule has 1 aromatic carbocycles. The van der Waals surface area contributed by atoms with Crippen LogP contribution >= 0.6 is 0 Å². The molecule has 0 radical (unpaired) electrons. The van der Waals surface area contributed by atoms with E-state index in [2.05, 4.69) is 13.8 Å². The Labute approximate surface area is 139 Å². The van der Waals surface area contributed by atoms with Crippen molar-refractivity contribution in [3.63, 3.8) is 0 Å². The lowest BCUT2D eigenvalue weighted by Gasteiger charge is -2.31. The van der Waals surface area contributed by atoms with Crippen molar-refractivity contribution < 1.29 is 13.2 Å². The second-order valence-electron chi connectivity index (χ2n) is 6.68. The highest BCUT2D eigenvalue weighted by molar-refractivity contribution is 7.89. The summed E-state index contributed by atoms with van der Waals surface area (Å²) in [6, 6.07) is 6.81. The van der Waals surface area contributed by atoms with Gasteiger partial charge in [0.25, 0.3) is 10.0 Å². The van der Waals surface area contributed by atoms with Crippen LogP contribution in [0.2, 0.25) is 0 Å². The van der Waals surface area contributed by atoms with Crippen LogP contribution in [-0.2, 0) is 14.8 Å². The van der Waals surface area contributed by atoms with Gasteiger partial charge >= 0.3 is 0 Å². The van der Waals surface area contributed by atoms with E-state index in [-0.39, 0.29) is 16.6 Å². The zero-order valence-corrected chi connectivity index (χ0v) is 15.1. The summed E-state index contributed by atoms with van der Waals surface area (Å²) < 4.78 is 26.9. The van der Waals surface area contributed by atoms with Crippen LogP contribution in [0.5, 0.6) is 0 Å². The van der Waals surface area contributed by atoms with Crippen molar-refractivity contribution in [2.24, 2.45) is 11.8 Å². The first-order valence-corrected chi connectivity index (χ1v) is 9.47. The van der Waals surface area contributed by atoms with Gasteiger partial charge in [-0.25, -0.2) is 8.42 Å². The Bertz CT molecular complexity index is 702. The third-order valence-corrected chi connectivity index (χ3v) is 5.98. The molecule has 0 saturated carbocycles. The molecule has 0 saturated heterocycles. The third kappa shape index (κ3) is 4.02. The Morgan fingerprint density at radius 2 is 1.87 bits per heavy atom. The maximum absolute atomic E-state index is 12.8. The van der Waals surface area contributed by atoms with Gasteiger partial charge in [0, 0.05) is 18.3 Å². The van der Waals surface area contributed by atoms with E-state index in [1.165, 1.54) is 11.2 Å². The average molecular weight is 335 g/mol. The molecule has 1 aromatic rings. The van der Waals surface area contributed by atoms with Gasteiger partial charge < -0.3 is 0 Å². The molecule has 0 amide bonds. The number of rotatable bonds is 5. The number of nitrogens with zero attached hydrogens (tertiary/aromatic N) is 1. The number of carbonyl (C=O) groups excluding carboxylic acids is 1. The van der Waals surface area contributed by atoms with Crippen molar-refractivity contribution >= 4 is 15.8 Å². The fourth-order valence-corrected chi connectivity index (χ4v) is 4.34. The SMILES string of the molecule is CC(=O)C1=CN(S(=O)(=O)c2ccc(C)cc2)CCC1CC(C)C. The highest BCUT2D eigenvalue weighted by Gasteiger charge is 2.30. The van der Waals surface area contributed by atoms with Gasteiger partial charge in [-0.15, -0.1) is 0 Å². The van der Waals surface area contributed by atoms with Crippen molar-refractivity contribution in [2.75, 3.05) is 6.54 Å². The summed E-state index contributed by atoms with van der Waals surface area (Å²) in [5.74, 6) is 0.583. The topological polar surface area (TPSA) is 54.5 Å². The van der Waals surface area contributed by atoms with Crippen molar-refractivity contribution in [3.05, 3.63) is 41.6 Å². The van der Waals surface area contributed by atoms with E-state index >= 15 is 0 Å². The van der Waals surface area contributed by atoms with E-state index in [4.69, 9.17) is 0 Å². The summed E-state index contributed by atoms with van der Waals surface area (Å²) in [6.45, 7) is 8.09. The van der Waals surface area contributed by atoms with E-state index in [1.54, 1.807) is 30.5 Å². The first kappa shape index (κ1) is 17.7. The average Bonchev–Trinajstić information content (AvgIpc) is 2.47. The third-order valence-electron chi connectivity index (χ3n) is 4.21. The molecule has 126 valence electrons. The number of aryl methyl sites for hydroxylation is 1. The van der Waals surface area contributed by atoms with E-state index < -0.39 is 10.0 Å². The molecule has 23 heavy (non-hydrogen) atoms. The highest BCUT2D eigenvalue weighted by Crippen LogP contribution is 2.31. The molecule has 2 rings (SSSR count). The Kier molecular flexibility index (Phi) is 5.30. The van der Waals surface area contributed by atoms with Crippen molar-refractivity contribution in [3.8, 4) is 0 Å². The Balaban J connectivity index is 2.34. The second-order valence-corrected chi connectivity index (χ2v) is 8.58. The Morgan fingerprint density at radius 1 is 1.26 bits per heavy atom. The number of ketones is 1. The van der Waals surface area contributed by atoms with Gasteiger partial charge in [-0.2, -0.15) is 0 Å². The smallest absolute Gasteiger partial charge is 0.263 e. The van der Waals surface area contributed by atoms with Gasteiger partial charge in [0.15, 0.2) is 5.78 Å². The maximum atomic E-state index is 12.8. The van der Waals surface area contributed by atoms with Crippen molar-refractivity contribution in [1.29, 1.82) is 0 Å². The summed E-state index contributed by atoms with van der Waals surface area (Å²) in [7, 11) is -3.59. The number of hydrogen-bond acceptors (Lipinski definition) is 3. The zero-order valence-electron chi connectivity index (χ0n) is 14.2. The number of Topliss-reactive ketones (excluding diaryl/α,β-unsaturated/α-hetero) is 1. The Morgan fingerprint density at radius 3 is 2.39 bits per heavy atom. The van der Waals surface area contributed by atoms with Crippen LogP contribution in [0.4, 0.5) is 0 Å². The van der Waals surface area contributed by atoms with Gasteiger partial charge in [-0.1, -0.05) is 31.5 Å². The number of allylic oxidation sites excluding steroid dienone is 1. The number of carbonyl (C=O) groups is 1. The van der Waals surface area contributed by atoms with Crippen molar-refractivity contribution in [2.45, 2.75) is 45.4 Å². The summed E-state index contributed by atoms with van der Waals surface area (Å²) in [4.78, 5) is 12.2. The predicted octanol–water partition coefficient (Wildman–Crippen LogP) is 3.52. The summed E-state index contributed by atoms with van der Waals surface area (Å²) in [5.41, 5.74) is 1.64. The second kappa shape index (κ2) is 6.87. The molecule has 1 aliphatic heterocycles. The lowest BCUT2D eigenvalue weighted by Crippen LogP contribution is -2.34. The van der Waals surface area contributed by atoms with E-state index in [0.717, 1.165) is 12.0 Å². The first-order valence-electron chi connectivity index (χ1n) is 8.03. The van der Waals surface area contributed by atoms with Gasteiger partial charge in [-0.05, 0) is 50.7 Å². The van der Waals surface area contributed by atoms with E-state index in [0.29, 0.717) is 24.5 Å².